The Bertz CT molecular complexity index is 3680. The number of rotatable bonds is 4. The highest BCUT2D eigenvalue weighted by Crippen LogP contribution is 2.53. The van der Waals surface area contributed by atoms with Crippen LogP contribution < -0.4 is 0 Å². The zero-order chi connectivity index (χ0) is 41.1. The van der Waals surface area contributed by atoms with Crippen LogP contribution in [0.1, 0.15) is 36.8 Å². The van der Waals surface area contributed by atoms with Gasteiger partial charge < -0.3 is 9.13 Å². The van der Waals surface area contributed by atoms with Crippen molar-refractivity contribution in [3.8, 4) is 44.8 Å². The molecule has 0 bridgehead atoms. The Hall–Kier alpha value is -7.68. The predicted octanol–water partition coefficient (Wildman–Crippen LogP) is 16.4. The van der Waals surface area contributed by atoms with Crippen LogP contribution in [0.3, 0.4) is 0 Å². The summed E-state index contributed by atoms with van der Waals surface area (Å²) in [5, 5.41) is 10.2. The number of benzene rings is 10. The molecule has 12 aromatic rings. The maximum Gasteiger partial charge on any atom is 0.0582 e. The van der Waals surface area contributed by atoms with Gasteiger partial charge in [0.25, 0.3) is 0 Å². The zero-order valence-electron chi connectivity index (χ0n) is 34.7. The average molecular weight is 791 g/mol. The first kappa shape index (κ1) is 35.1. The number of hydrogen-bond donors (Lipinski definition) is 0. The number of para-hydroxylation sites is 2. The minimum Gasteiger partial charge on any atom is -0.309 e. The quantitative estimate of drug-likeness (QED) is 0.168. The summed E-state index contributed by atoms with van der Waals surface area (Å²) in [5.41, 5.74) is 17.8. The Morgan fingerprint density at radius 2 is 0.806 bits per heavy atom. The highest BCUT2D eigenvalue weighted by Gasteiger charge is 2.33. The van der Waals surface area contributed by atoms with Crippen LogP contribution in [0.5, 0.6) is 0 Å². The molecule has 0 spiro atoms. The summed E-state index contributed by atoms with van der Waals surface area (Å²) in [6, 6.07) is 76.8. The Kier molecular flexibility index (Phi) is 7.60. The second-order valence-corrected chi connectivity index (χ2v) is 17.4. The van der Waals surface area contributed by atoms with Crippen molar-refractivity contribution in [2.24, 2.45) is 0 Å². The highest BCUT2D eigenvalue weighted by atomic mass is 15.0. The lowest BCUT2D eigenvalue weighted by atomic mass is 9.72. The predicted molar refractivity (Wildman–Crippen MR) is 263 cm³/mol. The van der Waals surface area contributed by atoms with Crippen LogP contribution in [0.25, 0.3) is 110 Å². The van der Waals surface area contributed by atoms with Gasteiger partial charge in [0.2, 0.25) is 0 Å². The summed E-state index contributed by atoms with van der Waals surface area (Å²) in [6.07, 6.45) is 0. The molecule has 2 nitrogen and oxygen atoms in total. The Morgan fingerprint density at radius 3 is 1.42 bits per heavy atom. The van der Waals surface area contributed by atoms with E-state index in [4.69, 9.17) is 0 Å². The van der Waals surface area contributed by atoms with Crippen LogP contribution in [0.4, 0.5) is 0 Å². The normalized spacial score (nSPS) is 14.9. The third-order valence-corrected chi connectivity index (χ3v) is 14.1. The van der Waals surface area contributed by atoms with Crippen LogP contribution in [-0.4, -0.2) is 9.13 Å². The molecule has 292 valence electrons. The molecule has 0 aliphatic heterocycles. The summed E-state index contributed by atoms with van der Waals surface area (Å²) in [5.74, 6) is 0.572. The van der Waals surface area contributed by atoms with E-state index in [1.54, 1.807) is 0 Å². The van der Waals surface area contributed by atoms with Gasteiger partial charge in [-0.15, -0.1) is 0 Å². The lowest BCUT2D eigenvalue weighted by Crippen LogP contribution is -2.15. The van der Waals surface area contributed by atoms with E-state index in [0.29, 0.717) is 5.92 Å². The molecular formula is C60H42N2. The third-order valence-electron chi connectivity index (χ3n) is 14.1. The van der Waals surface area contributed by atoms with E-state index in [-0.39, 0.29) is 5.92 Å². The van der Waals surface area contributed by atoms with Crippen molar-refractivity contribution < 1.29 is 0 Å². The van der Waals surface area contributed by atoms with Crippen LogP contribution in [0.15, 0.2) is 206 Å². The van der Waals surface area contributed by atoms with Crippen molar-refractivity contribution in [2.75, 3.05) is 0 Å². The minimum absolute atomic E-state index is 0.279. The van der Waals surface area contributed by atoms with Crippen molar-refractivity contribution >= 4 is 65.2 Å². The fourth-order valence-electron chi connectivity index (χ4n) is 10.8. The molecule has 2 atom stereocenters. The van der Waals surface area contributed by atoms with Gasteiger partial charge in [0.05, 0.1) is 22.1 Å². The molecular weight excluding hydrogens is 749 g/mol. The van der Waals surface area contributed by atoms with Gasteiger partial charge in [0.1, 0.15) is 0 Å². The molecule has 0 N–H and O–H groups in total. The van der Waals surface area contributed by atoms with E-state index in [1.165, 1.54) is 121 Å². The number of hydrogen-bond acceptors (Lipinski definition) is 0. The second kappa shape index (κ2) is 13.4. The molecule has 2 aromatic heterocycles. The SMILES string of the molecule is CC1c2cc3c4cc(-c5ccc6ccccc6c5)ccc4n(-c4ccccc4)c3cc2-c2ccc3c4cc(-c5ccc6ccccc6c5)ccc4n(-c4ccccc4)c3c2C1C. The summed E-state index contributed by atoms with van der Waals surface area (Å²) in [7, 11) is 0. The summed E-state index contributed by atoms with van der Waals surface area (Å²) >= 11 is 0. The van der Waals surface area contributed by atoms with Crippen LogP contribution >= 0.6 is 0 Å². The van der Waals surface area contributed by atoms with Crippen molar-refractivity contribution in [3.63, 3.8) is 0 Å². The standard InChI is InChI=1S/C60H42N2/c1-37-38(2)59-49(27-28-50-53-33-45(43-23-21-39-13-9-11-15-41(39)31-43)26-30-57(53)62(60(50)59)48-19-7-4-8-20-48)52-36-58-55(35-51(37)52)54-34-46(44-24-22-40-14-10-12-16-42(40)32-44)25-29-56(54)61(58)47-17-5-3-6-18-47/h3-38H,1-2H3. The first-order valence-electron chi connectivity index (χ1n) is 21.9. The monoisotopic (exact) mass is 790 g/mol. The molecule has 13 rings (SSSR count). The van der Waals surface area contributed by atoms with E-state index in [0.717, 1.165) is 0 Å². The molecule has 1 aliphatic rings. The highest BCUT2D eigenvalue weighted by molar-refractivity contribution is 6.15. The fraction of sp³-hybridized carbons (Fsp3) is 0.0667. The molecule has 62 heavy (non-hydrogen) atoms. The van der Waals surface area contributed by atoms with Crippen molar-refractivity contribution in [1.29, 1.82) is 0 Å². The summed E-state index contributed by atoms with van der Waals surface area (Å²) < 4.78 is 5.01. The van der Waals surface area contributed by atoms with Crippen molar-refractivity contribution in [2.45, 2.75) is 25.7 Å². The van der Waals surface area contributed by atoms with Gasteiger partial charge in [-0.2, -0.15) is 0 Å². The molecule has 0 saturated heterocycles. The fourth-order valence-corrected chi connectivity index (χ4v) is 10.8. The van der Waals surface area contributed by atoms with Gasteiger partial charge in [-0.05, 0) is 151 Å². The zero-order valence-corrected chi connectivity index (χ0v) is 34.7. The summed E-state index contributed by atoms with van der Waals surface area (Å²) in [4.78, 5) is 0. The molecule has 0 fully saturated rings. The van der Waals surface area contributed by atoms with E-state index < -0.39 is 0 Å². The molecule has 10 aromatic carbocycles. The molecule has 1 aliphatic carbocycles. The van der Waals surface area contributed by atoms with Gasteiger partial charge in [0, 0.05) is 32.9 Å². The first-order valence-corrected chi connectivity index (χ1v) is 21.9. The largest absolute Gasteiger partial charge is 0.309 e. The smallest absolute Gasteiger partial charge is 0.0582 e. The van der Waals surface area contributed by atoms with Crippen LogP contribution in [0, 0.1) is 0 Å². The van der Waals surface area contributed by atoms with Crippen LogP contribution in [-0.2, 0) is 0 Å². The van der Waals surface area contributed by atoms with E-state index in [9.17, 15) is 0 Å². The lowest BCUT2D eigenvalue weighted by Gasteiger charge is -2.33. The van der Waals surface area contributed by atoms with Gasteiger partial charge >= 0.3 is 0 Å². The van der Waals surface area contributed by atoms with Gasteiger partial charge in [0.15, 0.2) is 0 Å². The first-order chi connectivity index (χ1) is 30.6. The number of fused-ring (bicyclic) bond motifs is 12. The van der Waals surface area contributed by atoms with E-state index in [2.05, 4.69) is 229 Å². The third kappa shape index (κ3) is 5.17. The molecule has 2 heterocycles. The Labute approximate surface area is 360 Å². The average Bonchev–Trinajstić information content (AvgIpc) is 3.84. The second-order valence-electron chi connectivity index (χ2n) is 17.4. The topological polar surface area (TPSA) is 9.86 Å². The van der Waals surface area contributed by atoms with E-state index in [1.807, 2.05) is 0 Å². The molecule has 0 amide bonds. The van der Waals surface area contributed by atoms with Gasteiger partial charge in [-0.1, -0.05) is 147 Å². The van der Waals surface area contributed by atoms with Gasteiger partial charge in [-0.3, -0.25) is 0 Å². The molecule has 0 saturated carbocycles. The lowest BCUT2D eigenvalue weighted by molar-refractivity contribution is 0.619. The number of nitrogens with zero attached hydrogens (tertiary/aromatic N) is 2. The van der Waals surface area contributed by atoms with Crippen molar-refractivity contribution in [3.05, 3.63) is 217 Å². The van der Waals surface area contributed by atoms with Gasteiger partial charge in [-0.25, -0.2) is 0 Å². The molecule has 2 unspecified atom stereocenters. The Morgan fingerprint density at radius 1 is 0.323 bits per heavy atom. The number of aromatic nitrogens is 2. The summed E-state index contributed by atoms with van der Waals surface area (Å²) in [6.45, 7) is 4.90. The maximum absolute atomic E-state index is 2.54. The minimum atomic E-state index is 0.279. The van der Waals surface area contributed by atoms with E-state index >= 15 is 0 Å². The molecule has 0 radical (unpaired) electrons. The van der Waals surface area contributed by atoms with Crippen molar-refractivity contribution in [1.82, 2.24) is 9.13 Å². The van der Waals surface area contributed by atoms with Crippen LogP contribution in [0.2, 0.25) is 0 Å². The Balaban J connectivity index is 1.06. The maximum atomic E-state index is 2.54. The molecule has 2 heteroatoms.